The number of pyridine rings is 1. The van der Waals surface area contributed by atoms with E-state index in [1.165, 1.54) is 27.1 Å². The number of rotatable bonds is 3. The number of nitrogens with zero attached hydrogens (tertiary/aromatic N) is 5. The van der Waals surface area contributed by atoms with E-state index in [9.17, 15) is 0 Å². The quantitative estimate of drug-likeness (QED) is 0.171. The molecule has 0 bridgehead atoms. The average Bonchev–Trinajstić information content (AvgIpc) is 3.67. The summed E-state index contributed by atoms with van der Waals surface area (Å²) in [4.78, 5) is 10.3. The number of hydrogen-bond acceptors (Lipinski definition) is 2. The van der Waals surface area contributed by atoms with E-state index in [-0.39, 0.29) is 26.5 Å². The summed E-state index contributed by atoms with van der Waals surface area (Å²) in [5, 5.41) is 4.72. The van der Waals surface area contributed by atoms with Gasteiger partial charge in [0.2, 0.25) is 5.95 Å². The summed E-state index contributed by atoms with van der Waals surface area (Å²) < 4.78 is 6.53. The number of hydrogen-bond donors (Lipinski definition) is 0. The van der Waals surface area contributed by atoms with Crippen molar-refractivity contribution in [3.63, 3.8) is 0 Å². The molecular formula is C37H29N5Pt. The van der Waals surface area contributed by atoms with Gasteiger partial charge in [0.15, 0.2) is 5.65 Å². The number of aromatic nitrogens is 5. The molecule has 0 aliphatic heterocycles. The smallest absolute Gasteiger partial charge is 0.320 e. The van der Waals surface area contributed by atoms with Crippen molar-refractivity contribution in [3.8, 4) is 22.8 Å². The van der Waals surface area contributed by atoms with Gasteiger partial charge in [-0.05, 0) is 28.8 Å². The molecular weight excluding hydrogens is 710 g/mol. The van der Waals surface area contributed by atoms with Crippen molar-refractivity contribution >= 4 is 43.9 Å². The van der Waals surface area contributed by atoms with Crippen molar-refractivity contribution in [2.75, 3.05) is 0 Å². The summed E-state index contributed by atoms with van der Waals surface area (Å²) in [6.45, 7) is 6.91. The average molecular weight is 739 g/mol. The number of benzene rings is 4. The van der Waals surface area contributed by atoms with Crippen molar-refractivity contribution in [1.29, 1.82) is 0 Å². The molecule has 0 amide bonds. The molecule has 212 valence electrons. The maximum Gasteiger partial charge on any atom is 2.00 e. The standard InChI is InChI=1S/C37H29N5.Pt/c1-37(2,3)33-31-27-17-8-10-19-29(27)41(26-16-12-15-25(23-26)24-13-6-5-7-14-24)34(31)39-35-32(33)28-18-9-11-20-30(28)42(35)36-38-21-22-40(36)4;/h5-13,15-22H,1-4H3;/q-2;+2. The molecule has 0 aliphatic carbocycles. The van der Waals surface area contributed by atoms with Gasteiger partial charge >= 0.3 is 21.1 Å². The van der Waals surface area contributed by atoms with Crippen molar-refractivity contribution in [1.82, 2.24) is 23.7 Å². The van der Waals surface area contributed by atoms with Gasteiger partial charge in [-0.1, -0.05) is 57.2 Å². The minimum absolute atomic E-state index is 0. The van der Waals surface area contributed by atoms with Gasteiger partial charge in [0.05, 0.1) is 11.0 Å². The van der Waals surface area contributed by atoms with Crippen molar-refractivity contribution in [3.05, 3.63) is 121 Å². The molecule has 43 heavy (non-hydrogen) atoms. The van der Waals surface area contributed by atoms with Gasteiger partial charge in [-0.3, -0.25) is 4.57 Å². The van der Waals surface area contributed by atoms with Gasteiger partial charge in [0.1, 0.15) is 5.65 Å². The van der Waals surface area contributed by atoms with Crippen LogP contribution in [0, 0.1) is 12.1 Å². The van der Waals surface area contributed by atoms with Gasteiger partial charge in [0, 0.05) is 41.0 Å². The van der Waals surface area contributed by atoms with Crippen LogP contribution in [0.15, 0.2) is 103 Å². The first kappa shape index (κ1) is 27.4. The molecule has 0 fully saturated rings. The number of aryl methyl sites for hydroxylation is 1. The maximum absolute atomic E-state index is 5.55. The fraction of sp³-hybridized carbons (Fsp3) is 0.135. The fourth-order valence-electron chi connectivity index (χ4n) is 6.46. The molecule has 0 aliphatic rings. The van der Waals surface area contributed by atoms with Crippen LogP contribution in [0.25, 0.3) is 66.6 Å². The second-order valence-corrected chi connectivity index (χ2v) is 11.9. The van der Waals surface area contributed by atoms with E-state index in [1.807, 2.05) is 37.6 Å². The number of imidazole rings is 1. The molecule has 0 unspecified atom stereocenters. The fourth-order valence-corrected chi connectivity index (χ4v) is 6.46. The minimum Gasteiger partial charge on any atom is -0.320 e. The molecule has 4 aromatic carbocycles. The Balaban J connectivity index is 0.00000300. The maximum atomic E-state index is 5.55. The van der Waals surface area contributed by atoms with Gasteiger partial charge in [-0.25, -0.2) is 21.1 Å². The van der Waals surface area contributed by atoms with Crippen LogP contribution in [-0.2, 0) is 33.5 Å². The zero-order valence-electron chi connectivity index (χ0n) is 24.4. The first-order valence-corrected chi connectivity index (χ1v) is 14.3. The Hall–Kier alpha value is -4.47. The van der Waals surface area contributed by atoms with Crippen LogP contribution in [-0.4, -0.2) is 23.7 Å². The molecule has 5 nitrogen and oxygen atoms in total. The summed E-state index contributed by atoms with van der Waals surface area (Å²) in [5.41, 5.74) is 8.09. The molecule has 8 rings (SSSR count). The largest absolute Gasteiger partial charge is 2.00 e. The first-order valence-electron chi connectivity index (χ1n) is 14.3. The Bertz CT molecular complexity index is 2300. The molecule has 6 heteroatoms. The Morgan fingerprint density at radius 2 is 1.33 bits per heavy atom. The second-order valence-electron chi connectivity index (χ2n) is 11.9. The van der Waals surface area contributed by atoms with E-state index in [1.54, 1.807) is 0 Å². The van der Waals surface area contributed by atoms with Gasteiger partial charge in [0.25, 0.3) is 0 Å². The van der Waals surface area contributed by atoms with Crippen LogP contribution in [0.1, 0.15) is 26.3 Å². The molecule has 0 saturated heterocycles. The molecule has 8 aromatic rings. The van der Waals surface area contributed by atoms with E-state index in [0.29, 0.717) is 0 Å². The van der Waals surface area contributed by atoms with E-state index in [2.05, 4.69) is 119 Å². The summed E-state index contributed by atoms with van der Waals surface area (Å²) >= 11 is 0. The zero-order valence-corrected chi connectivity index (χ0v) is 26.6. The van der Waals surface area contributed by atoms with E-state index >= 15 is 0 Å². The number of para-hydroxylation sites is 2. The number of fused-ring (bicyclic) bond motifs is 6. The first-order chi connectivity index (χ1) is 20.4. The van der Waals surface area contributed by atoms with Crippen LogP contribution in [0.2, 0.25) is 0 Å². The topological polar surface area (TPSA) is 40.6 Å². The van der Waals surface area contributed by atoms with Crippen molar-refractivity contribution in [2.24, 2.45) is 7.05 Å². The Morgan fingerprint density at radius 1 is 0.698 bits per heavy atom. The van der Waals surface area contributed by atoms with Crippen LogP contribution in [0.5, 0.6) is 0 Å². The van der Waals surface area contributed by atoms with E-state index in [0.717, 1.165) is 45.1 Å². The Morgan fingerprint density at radius 3 is 1.95 bits per heavy atom. The van der Waals surface area contributed by atoms with Gasteiger partial charge in [-0.2, -0.15) is 42.5 Å². The Labute approximate surface area is 264 Å². The van der Waals surface area contributed by atoms with Crippen LogP contribution >= 0.6 is 0 Å². The summed E-state index contributed by atoms with van der Waals surface area (Å²) in [5.74, 6) is 0.837. The third-order valence-corrected chi connectivity index (χ3v) is 8.18. The molecule has 0 atom stereocenters. The Kier molecular flexibility index (Phi) is 6.41. The van der Waals surface area contributed by atoms with Crippen LogP contribution in [0.4, 0.5) is 0 Å². The SMILES string of the molecule is Cn1ccnc1-n1c2ccccc2c2c(C(C)(C)C)c3c4ccccc4n(-c4[c-]c(-c5[c-]cccc5)ccc4)c3nc21.[Pt+2]. The van der Waals surface area contributed by atoms with Gasteiger partial charge in [-0.15, -0.1) is 12.1 Å². The molecule has 0 radical (unpaired) electrons. The second kappa shape index (κ2) is 10.1. The van der Waals surface area contributed by atoms with Gasteiger partial charge < -0.3 is 9.13 Å². The summed E-state index contributed by atoms with van der Waals surface area (Å²) in [6.07, 6.45) is 3.83. The predicted molar refractivity (Wildman–Crippen MR) is 171 cm³/mol. The summed E-state index contributed by atoms with van der Waals surface area (Å²) in [6, 6.07) is 38.6. The normalized spacial score (nSPS) is 12.0. The third-order valence-electron chi connectivity index (χ3n) is 8.18. The van der Waals surface area contributed by atoms with Crippen molar-refractivity contribution in [2.45, 2.75) is 26.2 Å². The summed E-state index contributed by atoms with van der Waals surface area (Å²) in [7, 11) is 2.03. The zero-order chi connectivity index (χ0) is 28.6. The molecule has 4 heterocycles. The third kappa shape index (κ3) is 4.10. The van der Waals surface area contributed by atoms with Crippen LogP contribution in [0.3, 0.4) is 0 Å². The molecule has 0 spiro atoms. The molecule has 0 N–H and O–H groups in total. The van der Waals surface area contributed by atoms with E-state index < -0.39 is 0 Å². The monoisotopic (exact) mass is 738 g/mol. The van der Waals surface area contributed by atoms with E-state index in [4.69, 9.17) is 9.97 Å². The predicted octanol–water partition coefficient (Wildman–Crippen LogP) is 8.57. The minimum atomic E-state index is -0.171. The van der Waals surface area contributed by atoms with Crippen molar-refractivity contribution < 1.29 is 21.1 Å². The molecule has 0 saturated carbocycles. The van der Waals surface area contributed by atoms with Crippen LogP contribution < -0.4 is 0 Å². The molecule has 4 aromatic heterocycles.